The third kappa shape index (κ3) is 2.84. The summed E-state index contributed by atoms with van der Waals surface area (Å²) in [5.41, 5.74) is 1.12. The Hall–Kier alpha value is -0.830. The van der Waals surface area contributed by atoms with Crippen LogP contribution in [0.3, 0.4) is 0 Å². The van der Waals surface area contributed by atoms with Gasteiger partial charge in [0.15, 0.2) is 9.84 Å². The lowest BCUT2D eigenvalue weighted by atomic mass is 9.77. The van der Waals surface area contributed by atoms with Gasteiger partial charge in [0.25, 0.3) is 0 Å². The van der Waals surface area contributed by atoms with Crippen LogP contribution in [-0.4, -0.2) is 13.7 Å². The summed E-state index contributed by atoms with van der Waals surface area (Å²) in [6.45, 7) is 4.22. The number of fused-ring (bicyclic) bond motifs is 1. The molecular formula is C19H28O2S. The van der Waals surface area contributed by atoms with Gasteiger partial charge >= 0.3 is 0 Å². The van der Waals surface area contributed by atoms with Crippen LogP contribution in [0.25, 0.3) is 0 Å². The first kappa shape index (κ1) is 16.0. The minimum atomic E-state index is -3.18. The molecule has 122 valence electrons. The van der Waals surface area contributed by atoms with Crippen molar-refractivity contribution in [2.45, 2.75) is 68.9 Å². The molecule has 0 aromatic heterocycles. The molecule has 0 saturated heterocycles. The van der Waals surface area contributed by atoms with Gasteiger partial charge in [0.05, 0.1) is 10.1 Å². The van der Waals surface area contributed by atoms with E-state index < -0.39 is 9.84 Å². The van der Waals surface area contributed by atoms with Gasteiger partial charge in [-0.15, -0.1) is 0 Å². The van der Waals surface area contributed by atoms with E-state index in [1.165, 1.54) is 32.1 Å². The van der Waals surface area contributed by atoms with E-state index in [1.54, 1.807) is 12.1 Å². The van der Waals surface area contributed by atoms with E-state index >= 15 is 0 Å². The molecule has 0 heterocycles. The second-order valence-corrected chi connectivity index (χ2v) is 9.46. The van der Waals surface area contributed by atoms with Crippen LogP contribution in [0.15, 0.2) is 29.2 Å². The molecule has 4 atom stereocenters. The number of hydrogen-bond acceptors (Lipinski definition) is 2. The van der Waals surface area contributed by atoms with E-state index in [9.17, 15) is 8.42 Å². The lowest BCUT2D eigenvalue weighted by Crippen LogP contribution is -2.30. The molecule has 0 spiro atoms. The Labute approximate surface area is 135 Å². The van der Waals surface area contributed by atoms with Crippen molar-refractivity contribution in [1.29, 1.82) is 0 Å². The largest absolute Gasteiger partial charge is 0.223 e. The average Bonchev–Trinajstić information content (AvgIpc) is 2.88. The van der Waals surface area contributed by atoms with Crippen molar-refractivity contribution < 1.29 is 8.42 Å². The van der Waals surface area contributed by atoms with Crippen molar-refractivity contribution in [3.8, 4) is 0 Å². The highest BCUT2D eigenvalue weighted by molar-refractivity contribution is 7.92. The van der Waals surface area contributed by atoms with Gasteiger partial charge in [0, 0.05) is 0 Å². The van der Waals surface area contributed by atoms with Crippen molar-refractivity contribution in [3.05, 3.63) is 29.8 Å². The van der Waals surface area contributed by atoms with E-state index in [1.807, 2.05) is 19.1 Å². The van der Waals surface area contributed by atoms with Crippen LogP contribution in [0.1, 0.15) is 57.4 Å². The number of rotatable bonds is 4. The molecule has 2 saturated carbocycles. The van der Waals surface area contributed by atoms with E-state index in [2.05, 4.69) is 6.92 Å². The quantitative estimate of drug-likeness (QED) is 0.801. The first-order valence-corrected chi connectivity index (χ1v) is 10.4. The average molecular weight is 320 g/mol. The predicted octanol–water partition coefficient (Wildman–Crippen LogP) is 4.76. The molecule has 0 aliphatic heterocycles. The van der Waals surface area contributed by atoms with Crippen LogP contribution in [0.2, 0.25) is 0 Å². The van der Waals surface area contributed by atoms with Gasteiger partial charge in [-0.05, 0) is 56.1 Å². The molecule has 2 fully saturated rings. The predicted molar refractivity (Wildman–Crippen MR) is 90.6 cm³/mol. The molecule has 1 unspecified atom stereocenters. The smallest absolute Gasteiger partial charge is 0.181 e. The molecule has 2 aliphatic rings. The third-order valence-corrected chi connectivity index (χ3v) is 8.17. The number of sulfone groups is 1. The van der Waals surface area contributed by atoms with Crippen molar-refractivity contribution in [2.24, 2.45) is 17.8 Å². The van der Waals surface area contributed by atoms with Gasteiger partial charge in [-0.2, -0.15) is 0 Å². The van der Waals surface area contributed by atoms with Crippen LogP contribution in [-0.2, 0) is 9.84 Å². The van der Waals surface area contributed by atoms with Crippen LogP contribution in [0.4, 0.5) is 0 Å². The lowest BCUT2D eigenvalue weighted by Gasteiger charge is -2.31. The summed E-state index contributed by atoms with van der Waals surface area (Å²) >= 11 is 0. The van der Waals surface area contributed by atoms with Crippen LogP contribution >= 0.6 is 0 Å². The Morgan fingerprint density at radius 1 is 1.05 bits per heavy atom. The summed E-state index contributed by atoms with van der Waals surface area (Å²) in [5.74, 6) is 1.68. The fourth-order valence-electron chi connectivity index (χ4n) is 4.85. The van der Waals surface area contributed by atoms with Crippen LogP contribution in [0, 0.1) is 24.7 Å². The summed E-state index contributed by atoms with van der Waals surface area (Å²) in [5, 5.41) is -0.142. The van der Waals surface area contributed by atoms with Gasteiger partial charge in [0.1, 0.15) is 0 Å². The highest BCUT2D eigenvalue weighted by atomic mass is 32.2. The SMILES string of the molecule is CCC[C@H]1CC(S(=O)(=O)c2ccc(C)cc2)[C@@H]2CCCC[C@H]12. The first-order chi connectivity index (χ1) is 10.5. The van der Waals surface area contributed by atoms with E-state index in [-0.39, 0.29) is 5.25 Å². The summed E-state index contributed by atoms with van der Waals surface area (Å²) in [6.07, 6.45) is 8.11. The van der Waals surface area contributed by atoms with Crippen molar-refractivity contribution in [3.63, 3.8) is 0 Å². The molecule has 2 aliphatic carbocycles. The standard InChI is InChI=1S/C19H28O2S/c1-3-6-15-13-19(18-8-5-4-7-17(15)18)22(20,21)16-11-9-14(2)10-12-16/h9-12,15,17-19H,3-8,13H2,1-2H3/t15-,17+,18+,19?/m0/s1. The highest BCUT2D eigenvalue weighted by Crippen LogP contribution is 2.51. The van der Waals surface area contributed by atoms with Crippen molar-refractivity contribution in [1.82, 2.24) is 0 Å². The zero-order chi connectivity index (χ0) is 15.7. The van der Waals surface area contributed by atoms with E-state index in [0.717, 1.165) is 18.4 Å². The Morgan fingerprint density at radius 2 is 1.68 bits per heavy atom. The fourth-order valence-corrected chi connectivity index (χ4v) is 7.01. The van der Waals surface area contributed by atoms with E-state index in [0.29, 0.717) is 22.6 Å². The molecule has 3 rings (SSSR count). The second kappa shape index (κ2) is 6.35. The number of aryl methyl sites for hydroxylation is 1. The maximum Gasteiger partial charge on any atom is 0.181 e. The summed E-state index contributed by atoms with van der Waals surface area (Å²) in [7, 11) is -3.18. The van der Waals surface area contributed by atoms with Crippen molar-refractivity contribution >= 4 is 9.84 Å². The molecule has 1 aromatic rings. The first-order valence-electron chi connectivity index (χ1n) is 8.84. The maximum absolute atomic E-state index is 13.2. The molecule has 0 bridgehead atoms. The van der Waals surface area contributed by atoms with Crippen LogP contribution < -0.4 is 0 Å². The molecule has 0 radical (unpaired) electrons. The second-order valence-electron chi connectivity index (χ2n) is 7.29. The topological polar surface area (TPSA) is 34.1 Å². The molecule has 1 aromatic carbocycles. The molecule has 2 nitrogen and oxygen atoms in total. The van der Waals surface area contributed by atoms with E-state index in [4.69, 9.17) is 0 Å². The van der Waals surface area contributed by atoms with Crippen LogP contribution in [0.5, 0.6) is 0 Å². The molecular weight excluding hydrogens is 292 g/mol. The molecule has 0 amide bonds. The normalized spacial score (nSPS) is 31.9. The Balaban J connectivity index is 1.90. The highest BCUT2D eigenvalue weighted by Gasteiger charge is 2.49. The Bertz CT molecular complexity index is 603. The maximum atomic E-state index is 13.2. The number of benzene rings is 1. The van der Waals surface area contributed by atoms with Gasteiger partial charge < -0.3 is 0 Å². The minimum absolute atomic E-state index is 0.142. The number of hydrogen-bond donors (Lipinski definition) is 0. The monoisotopic (exact) mass is 320 g/mol. The zero-order valence-corrected chi connectivity index (χ0v) is 14.6. The fraction of sp³-hybridized carbons (Fsp3) is 0.684. The molecule has 22 heavy (non-hydrogen) atoms. The zero-order valence-electron chi connectivity index (χ0n) is 13.8. The summed E-state index contributed by atoms with van der Waals surface area (Å²) < 4.78 is 26.3. The van der Waals surface area contributed by atoms with Crippen molar-refractivity contribution in [2.75, 3.05) is 0 Å². The lowest BCUT2D eigenvalue weighted by molar-refractivity contribution is 0.220. The Kier molecular flexibility index (Phi) is 4.63. The van der Waals surface area contributed by atoms with Gasteiger partial charge in [-0.3, -0.25) is 0 Å². The Morgan fingerprint density at radius 3 is 2.32 bits per heavy atom. The molecule has 3 heteroatoms. The van der Waals surface area contributed by atoms with Gasteiger partial charge in [-0.25, -0.2) is 8.42 Å². The summed E-state index contributed by atoms with van der Waals surface area (Å²) in [6, 6.07) is 7.44. The third-order valence-electron chi connectivity index (χ3n) is 5.90. The molecule has 0 N–H and O–H groups in total. The van der Waals surface area contributed by atoms with Gasteiger partial charge in [0.2, 0.25) is 0 Å². The minimum Gasteiger partial charge on any atom is -0.223 e. The summed E-state index contributed by atoms with van der Waals surface area (Å²) in [4.78, 5) is 0.532. The van der Waals surface area contributed by atoms with Gasteiger partial charge in [-0.1, -0.05) is 50.3 Å².